The van der Waals surface area contributed by atoms with Crippen LogP contribution < -0.4 is 4.90 Å². The van der Waals surface area contributed by atoms with Gasteiger partial charge in [0.25, 0.3) is 5.54 Å². The molecule has 0 spiro atoms. The molecule has 3 atom stereocenters. The predicted octanol–water partition coefficient (Wildman–Crippen LogP) is 3.77. The maximum absolute atomic E-state index is 13.3. The topological polar surface area (TPSA) is 116 Å². The number of esters is 2. The first kappa shape index (κ1) is 24.1. The highest BCUT2D eigenvalue weighted by Crippen LogP contribution is 2.60. The average Bonchev–Trinajstić information content (AvgIpc) is 3.10. The fourth-order valence-corrected chi connectivity index (χ4v) is 5.43. The van der Waals surface area contributed by atoms with Crippen molar-refractivity contribution in [1.29, 1.82) is 0 Å². The van der Waals surface area contributed by atoms with Crippen LogP contribution in [-0.4, -0.2) is 35.4 Å². The Balaban J connectivity index is 2.16. The second kappa shape index (κ2) is 8.98. The second-order valence-electron chi connectivity index (χ2n) is 8.71. The molecule has 9 heteroatoms. The Morgan fingerprint density at radius 1 is 1.14 bits per heavy atom. The van der Waals surface area contributed by atoms with Crippen LogP contribution in [-0.2, 0) is 29.4 Å². The molecule has 1 heterocycles. The summed E-state index contributed by atoms with van der Waals surface area (Å²) >= 11 is 0. The number of aryl methyl sites for hydroxylation is 1. The Bertz CT molecular complexity index is 1250. The summed E-state index contributed by atoms with van der Waals surface area (Å²) in [6.45, 7) is 5.91. The van der Waals surface area contributed by atoms with Gasteiger partial charge in [0, 0.05) is 25.2 Å². The molecule has 0 fully saturated rings. The lowest BCUT2D eigenvalue weighted by molar-refractivity contribution is -0.586. The fourth-order valence-electron chi connectivity index (χ4n) is 5.43. The van der Waals surface area contributed by atoms with Crippen LogP contribution in [0, 0.1) is 17.0 Å². The van der Waals surface area contributed by atoms with E-state index in [0.717, 1.165) is 5.56 Å². The first-order valence-electron chi connectivity index (χ1n) is 11.3. The van der Waals surface area contributed by atoms with Gasteiger partial charge in [-0.1, -0.05) is 42.0 Å². The minimum Gasteiger partial charge on any atom is -0.462 e. The van der Waals surface area contributed by atoms with Gasteiger partial charge in [0.1, 0.15) is 17.4 Å². The standard InChI is InChI=1S/C26H26N2O7/c1-5-34-25(31)23-22(35-17(4)30)14-19(18-9-7-6-8-10-18)26(28(32)33)20-13-15(2)11-12-21(20)27(16(3)29)24(23)26/h6-13,19,24H,5,14H2,1-4H3/t19-,24+,26-/m0/s1. The molecule has 1 aliphatic carbocycles. The van der Waals surface area contributed by atoms with Crippen LogP contribution in [0.5, 0.6) is 0 Å². The molecule has 0 N–H and O–H groups in total. The molecule has 1 amide bonds. The lowest BCUT2D eigenvalue weighted by Crippen LogP contribution is -2.59. The van der Waals surface area contributed by atoms with Gasteiger partial charge in [0.05, 0.1) is 23.8 Å². The molecule has 2 aliphatic rings. The molecule has 2 aromatic rings. The Hall–Kier alpha value is -4.01. The number of nitrogens with zero attached hydrogens (tertiary/aromatic N) is 2. The summed E-state index contributed by atoms with van der Waals surface area (Å²) < 4.78 is 10.8. The summed E-state index contributed by atoms with van der Waals surface area (Å²) in [6, 6.07) is 12.6. The summed E-state index contributed by atoms with van der Waals surface area (Å²) in [7, 11) is 0. The number of nitro groups is 1. The van der Waals surface area contributed by atoms with E-state index in [2.05, 4.69) is 0 Å². The number of fused-ring (bicyclic) bond motifs is 3. The van der Waals surface area contributed by atoms with Gasteiger partial charge in [-0.15, -0.1) is 0 Å². The van der Waals surface area contributed by atoms with Crippen molar-refractivity contribution in [2.45, 2.75) is 51.6 Å². The molecule has 0 aromatic heterocycles. The number of hydrogen-bond donors (Lipinski definition) is 0. The van der Waals surface area contributed by atoms with Gasteiger partial charge in [-0.05, 0) is 31.5 Å². The molecule has 2 aromatic carbocycles. The monoisotopic (exact) mass is 478 g/mol. The van der Waals surface area contributed by atoms with Crippen LogP contribution >= 0.6 is 0 Å². The van der Waals surface area contributed by atoms with E-state index in [9.17, 15) is 24.5 Å². The smallest absolute Gasteiger partial charge is 0.339 e. The molecule has 0 unspecified atom stereocenters. The minimum absolute atomic E-state index is 0.00209. The number of carbonyl (C=O) groups excluding carboxylic acids is 3. The normalized spacial score (nSPS) is 22.8. The van der Waals surface area contributed by atoms with Gasteiger partial charge in [-0.3, -0.25) is 24.6 Å². The zero-order valence-electron chi connectivity index (χ0n) is 19.9. The van der Waals surface area contributed by atoms with E-state index in [1.807, 2.05) is 6.92 Å². The Morgan fingerprint density at radius 2 is 1.83 bits per heavy atom. The maximum Gasteiger partial charge on any atom is 0.339 e. The number of carbonyl (C=O) groups is 3. The van der Waals surface area contributed by atoms with Crippen LogP contribution in [0.3, 0.4) is 0 Å². The number of rotatable bonds is 5. The van der Waals surface area contributed by atoms with Crippen molar-refractivity contribution in [1.82, 2.24) is 0 Å². The molecule has 182 valence electrons. The lowest BCUT2D eigenvalue weighted by atomic mass is 9.64. The molecule has 0 saturated carbocycles. The van der Waals surface area contributed by atoms with Crippen LogP contribution in [0.1, 0.15) is 49.8 Å². The van der Waals surface area contributed by atoms with E-state index in [0.29, 0.717) is 16.8 Å². The zero-order valence-corrected chi connectivity index (χ0v) is 19.9. The molecular weight excluding hydrogens is 452 g/mol. The van der Waals surface area contributed by atoms with Crippen LogP contribution in [0.25, 0.3) is 0 Å². The molecule has 0 radical (unpaired) electrons. The quantitative estimate of drug-likeness (QED) is 0.365. The third-order valence-corrected chi connectivity index (χ3v) is 6.62. The van der Waals surface area contributed by atoms with Crippen molar-refractivity contribution in [3.63, 3.8) is 0 Å². The highest BCUT2D eigenvalue weighted by Gasteiger charge is 2.71. The average molecular weight is 479 g/mol. The first-order valence-corrected chi connectivity index (χ1v) is 11.3. The molecule has 1 aliphatic heterocycles. The summed E-state index contributed by atoms with van der Waals surface area (Å²) in [4.78, 5) is 52.5. The highest BCUT2D eigenvalue weighted by atomic mass is 16.6. The molecule has 4 rings (SSSR count). The molecule has 0 bridgehead atoms. The SMILES string of the molecule is CCOC(=O)C1=C(OC(C)=O)C[C@@H](c2ccccc2)[C@]2([N+](=O)[O-])c3cc(C)ccc3N(C(C)=O)[C@H]12. The third kappa shape index (κ3) is 3.67. The second-order valence-corrected chi connectivity index (χ2v) is 8.71. The highest BCUT2D eigenvalue weighted by molar-refractivity contribution is 6.02. The van der Waals surface area contributed by atoms with E-state index in [1.165, 1.54) is 18.7 Å². The van der Waals surface area contributed by atoms with Gasteiger partial charge in [-0.2, -0.15) is 0 Å². The maximum atomic E-state index is 13.3. The molecular formula is C26H26N2O7. The van der Waals surface area contributed by atoms with Crippen molar-refractivity contribution < 1.29 is 28.8 Å². The Labute approximate surface area is 202 Å². The molecule has 35 heavy (non-hydrogen) atoms. The summed E-state index contributed by atoms with van der Waals surface area (Å²) in [6.07, 6.45) is -0.103. The van der Waals surface area contributed by atoms with Crippen molar-refractivity contribution in [3.8, 4) is 0 Å². The number of amides is 1. The summed E-state index contributed by atoms with van der Waals surface area (Å²) in [5.41, 5.74) is -0.0278. The largest absolute Gasteiger partial charge is 0.462 e. The minimum atomic E-state index is -1.92. The van der Waals surface area contributed by atoms with Gasteiger partial charge in [-0.25, -0.2) is 4.79 Å². The Kier molecular flexibility index (Phi) is 6.19. The number of allylic oxidation sites excluding steroid dienone is 1. The number of anilines is 1. The van der Waals surface area contributed by atoms with Gasteiger partial charge in [0.15, 0.2) is 0 Å². The summed E-state index contributed by atoms with van der Waals surface area (Å²) in [5.74, 6) is -2.89. The zero-order chi connectivity index (χ0) is 25.5. The van der Waals surface area contributed by atoms with Crippen LogP contribution in [0.2, 0.25) is 0 Å². The van der Waals surface area contributed by atoms with E-state index in [1.54, 1.807) is 55.5 Å². The number of benzene rings is 2. The van der Waals surface area contributed by atoms with Gasteiger partial charge >= 0.3 is 11.9 Å². The molecule has 0 saturated heterocycles. The molecule has 9 nitrogen and oxygen atoms in total. The lowest BCUT2D eigenvalue weighted by Gasteiger charge is -2.41. The van der Waals surface area contributed by atoms with Gasteiger partial charge < -0.3 is 9.47 Å². The summed E-state index contributed by atoms with van der Waals surface area (Å²) in [5, 5.41) is 13.2. The van der Waals surface area contributed by atoms with Crippen molar-refractivity contribution in [2.75, 3.05) is 11.5 Å². The fraction of sp³-hybridized carbons (Fsp3) is 0.346. The van der Waals surface area contributed by atoms with Crippen LogP contribution in [0.15, 0.2) is 59.9 Å². The third-order valence-electron chi connectivity index (χ3n) is 6.62. The van der Waals surface area contributed by atoms with E-state index < -0.39 is 40.3 Å². The Morgan fingerprint density at radius 3 is 2.40 bits per heavy atom. The predicted molar refractivity (Wildman–Crippen MR) is 126 cm³/mol. The van der Waals surface area contributed by atoms with E-state index >= 15 is 0 Å². The van der Waals surface area contributed by atoms with E-state index in [4.69, 9.17) is 9.47 Å². The van der Waals surface area contributed by atoms with E-state index in [-0.39, 0.29) is 24.4 Å². The van der Waals surface area contributed by atoms with Crippen molar-refractivity contribution in [3.05, 3.63) is 86.7 Å². The van der Waals surface area contributed by atoms with Crippen molar-refractivity contribution >= 4 is 23.5 Å². The van der Waals surface area contributed by atoms with Crippen molar-refractivity contribution in [2.24, 2.45) is 0 Å². The first-order chi connectivity index (χ1) is 16.6. The van der Waals surface area contributed by atoms with Gasteiger partial charge in [0.2, 0.25) is 5.91 Å². The number of hydrogen-bond acceptors (Lipinski definition) is 7. The van der Waals surface area contributed by atoms with Crippen LogP contribution in [0.4, 0.5) is 5.69 Å². The number of ether oxygens (including phenoxy) is 2.